The van der Waals surface area contributed by atoms with Crippen molar-refractivity contribution >= 4 is 21.7 Å². The van der Waals surface area contributed by atoms with E-state index < -0.39 is 16.0 Å². The molecule has 0 heterocycles. The number of anilines is 1. The first kappa shape index (κ1) is 16.4. The second-order valence-corrected chi connectivity index (χ2v) is 6.09. The van der Waals surface area contributed by atoms with Crippen molar-refractivity contribution in [3.05, 3.63) is 23.8 Å². The van der Waals surface area contributed by atoms with Gasteiger partial charge in [-0.15, -0.1) is 0 Å². The maximum Gasteiger partial charge on any atom is 0.335 e. The Morgan fingerprint density at radius 1 is 1.45 bits per heavy atom. The summed E-state index contributed by atoms with van der Waals surface area (Å²) in [5, 5.41) is 8.81. The van der Waals surface area contributed by atoms with Crippen LogP contribution in [0.2, 0.25) is 0 Å². The van der Waals surface area contributed by atoms with Crippen LogP contribution in [0.5, 0.6) is 0 Å². The van der Waals surface area contributed by atoms with Crippen LogP contribution in [0.1, 0.15) is 17.3 Å². The number of nitrogens with one attached hydrogen (secondary N) is 1. The average molecular weight is 301 g/mol. The number of hydrogen-bond acceptors (Lipinski definition) is 5. The Kier molecular flexibility index (Phi) is 5.49. The first-order valence-corrected chi connectivity index (χ1v) is 7.57. The quantitative estimate of drug-likeness (QED) is 0.620. The maximum absolute atomic E-state index is 12.0. The van der Waals surface area contributed by atoms with Gasteiger partial charge in [-0.25, -0.2) is 17.9 Å². The summed E-state index contributed by atoms with van der Waals surface area (Å²) in [6.45, 7) is 3.62. The van der Waals surface area contributed by atoms with Crippen molar-refractivity contribution in [2.75, 3.05) is 32.4 Å². The number of aromatic carboxylic acids is 1. The molecule has 7 nitrogen and oxygen atoms in total. The van der Waals surface area contributed by atoms with Gasteiger partial charge in [0.2, 0.25) is 10.0 Å². The normalized spacial score (nSPS) is 11.8. The summed E-state index contributed by atoms with van der Waals surface area (Å²) in [6.07, 6.45) is 0. The zero-order valence-corrected chi connectivity index (χ0v) is 12.3. The summed E-state index contributed by atoms with van der Waals surface area (Å²) in [6, 6.07) is 3.55. The van der Waals surface area contributed by atoms with Crippen LogP contribution in [0.15, 0.2) is 23.1 Å². The number of nitrogens with two attached hydrogens (primary N) is 1. The highest BCUT2D eigenvalue weighted by Gasteiger charge is 2.18. The molecule has 4 N–H and O–H groups in total. The standard InChI is InChI=1S/C12H19N3O4S/c1-3-15(2)7-6-14-20(18,19)11-5-4-9(12(16)17)8-10(11)13/h4-5,8,14H,3,6-7,13H2,1-2H3,(H,16,17). The second-order valence-electron chi connectivity index (χ2n) is 4.35. The summed E-state index contributed by atoms with van der Waals surface area (Å²) in [5.41, 5.74) is 5.48. The fourth-order valence-electron chi connectivity index (χ4n) is 1.53. The van der Waals surface area contributed by atoms with E-state index in [-0.39, 0.29) is 22.7 Å². The smallest absolute Gasteiger partial charge is 0.335 e. The van der Waals surface area contributed by atoms with Gasteiger partial charge in [0.15, 0.2) is 0 Å². The van der Waals surface area contributed by atoms with Crippen molar-refractivity contribution in [2.24, 2.45) is 0 Å². The Balaban J connectivity index is 2.85. The second kappa shape index (κ2) is 6.69. The minimum Gasteiger partial charge on any atom is -0.478 e. The van der Waals surface area contributed by atoms with Crippen LogP contribution in [0.3, 0.4) is 0 Å². The van der Waals surface area contributed by atoms with Gasteiger partial charge in [0, 0.05) is 13.1 Å². The molecule has 0 saturated carbocycles. The van der Waals surface area contributed by atoms with Crippen LogP contribution in [0.4, 0.5) is 5.69 Å². The molecule has 0 spiro atoms. The fourth-order valence-corrected chi connectivity index (χ4v) is 2.66. The number of rotatable bonds is 7. The van der Waals surface area contributed by atoms with Crippen LogP contribution < -0.4 is 10.5 Å². The molecule has 112 valence electrons. The predicted molar refractivity (Wildman–Crippen MR) is 76.2 cm³/mol. The van der Waals surface area contributed by atoms with Gasteiger partial charge in [-0.2, -0.15) is 0 Å². The molecule has 0 radical (unpaired) electrons. The van der Waals surface area contributed by atoms with E-state index in [1.807, 2.05) is 18.9 Å². The first-order valence-electron chi connectivity index (χ1n) is 6.09. The van der Waals surface area contributed by atoms with E-state index in [1.54, 1.807) is 0 Å². The van der Waals surface area contributed by atoms with Crippen molar-refractivity contribution in [3.63, 3.8) is 0 Å². The molecule has 0 aliphatic rings. The van der Waals surface area contributed by atoms with Crippen molar-refractivity contribution < 1.29 is 18.3 Å². The van der Waals surface area contributed by atoms with Gasteiger partial charge in [0.25, 0.3) is 0 Å². The lowest BCUT2D eigenvalue weighted by Crippen LogP contribution is -2.33. The molecular weight excluding hydrogens is 282 g/mol. The topological polar surface area (TPSA) is 113 Å². The highest BCUT2D eigenvalue weighted by molar-refractivity contribution is 7.89. The number of sulfonamides is 1. The predicted octanol–water partition coefficient (Wildman–Crippen LogP) is 0.197. The summed E-state index contributed by atoms with van der Waals surface area (Å²) in [5.74, 6) is -1.15. The molecule has 0 atom stereocenters. The Morgan fingerprint density at radius 2 is 2.10 bits per heavy atom. The molecule has 0 aromatic heterocycles. The third kappa shape index (κ3) is 4.19. The SMILES string of the molecule is CCN(C)CCNS(=O)(=O)c1ccc(C(=O)O)cc1N. The molecule has 1 rings (SSSR count). The van der Waals surface area contributed by atoms with Crippen LogP contribution >= 0.6 is 0 Å². The Hall–Kier alpha value is -1.64. The van der Waals surface area contributed by atoms with E-state index in [0.717, 1.165) is 12.6 Å². The Morgan fingerprint density at radius 3 is 2.60 bits per heavy atom. The van der Waals surface area contributed by atoms with Crippen molar-refractivity contribution in [1.29, 1.82) is 0 Å². The van der Waals surface area contributed by atoms with Gasteiger partial charge in [-0.3, -0.25) is 0 Å². The van der Waals surface area contributed by atoms with Crippen LogP contribution in [-0.2, 0) is 10.0 Å². The summed E-state index contributed by atoms with van der Waals surface area (Å²) >= 11 is 0. The molecule has 0 aliphatic carbocycles. The van der Waals surface area contributed by atoms with Gasteiger partial charge < -0.3 is 15.7 Å². The number of carbonyl (C=O) groups is 1. The van der Waals surface area contributed by atoms with Crippen molar-refractivity contribution in [2.45, 2.75) is 11.8 Å². The van der Waals surface area contributed by atoms with Crippen LogP contribution in [-0.4, -0.2) is 51.1 Å². The third-order valence-electron chi connectivity index (χ3n) is 2.87. The van der Waals surface area contributed by atoms with Crippen molar-refractivity contribution in [3.8, 4) is 0 Å². The summed E-state index contributed by atoms with van der Waals surface area (Å²) < 4.78 is 26.5. The summed E-state index contributed by atoms with van der Waals surface area (Å²) in [4.78, 5) is 12.6. The minimum atomic E-state index is -3.73. The van der Waals surface area contributed by atoms with Gasteiger partial charge in [-0.05, 0) is 31.8 Å². The van der Waals surface area contributed by atoms with Gasteiger partial charge in [-0.1, -0.05) is 6.92 Å². The van der Waals surface area contributed by atoms with E-state index in [0.29, 0.717) is 6.54 Å². The molecule has 0 fully saturated rings. The number of carboxylic acids is 1. The van der Waals surface area contributed by atoms with E-state index in [1.165, 1.54) is 12.1 Å². The van der Waals surface area contributed by atoms with E-state index in [4.69, 9.17) is 10.8 Å². The molecule has 1 aromatic rings. The zero-order valence-electron chi connectivity index (χ0n) is 11.5. The highest BCUT2D eigenvalue weighted by Crippen LogP contribution is 2.19. The summed E-state index contributed by atoms with van der Waals surface area (Å²) in [7, 11) is -1.85. The molecular formula is C12H19N3O4S. The van der Waals surface area contributed by atoms with Crippen LogP contribution in [0, 0.1) is 0 Å². The molecule has 0 amide bonds. The van der Waals surface area contributed by atoms with Crippen LogP contribution in [0.25, 0.3) is 0 Å². The van der Waals surface area contributed by atoms with Gasteiger partial charge in [0.1, 0.15) is 4.90 Å². The number of hydrogen-bond donors (Lipinski definition) is 3. The molecule has 0 bridgehead atoms. The lowest BCUT2D eigenvalue weighted by atomic mass is 10.2. The third-order valence-corrected chi connectivity index (χ3v) is 4.41. The number of carboxylic acid groups (broad SMARTS) is 1. The maximum atomic E-state index is 12.0. The van der Waals surface area contributed by atoms with Crippen molar-refractivity contribution in [1.82, 2.24) is 9.62 Å². The van der Waals surface area contributed by atoms with Gasteiger partial charge >= 0.3 is 5.97 Å². The number of likely N-dealkylation sites (N-methyl/N-ethyl adjacent to an activating group) is 1. The minimum absolute atomic E-state index is 0.0489. The Bertz CT molecular complexity index is 586. The van der Waals surface area contributed by atoms with E-state index >= 15 is 0 Å². The Labute approximate surface area is 118 Å². The highest BCUT2D eigenvalue weighted by atomic mass is 32.2. The van der Waals surface area contributed by atoms with E-state index in [2.05, 4.69) is 4.72 Å². The molecule has 20 heavy (non-hydrogen) atoms. The first-order chi connectivity index (χ1) is 9.27. The van der Waals surface area contributed by atoms with Gasteiger partial charge in [0.05, 0.1) is 11.3 Å². The average Bonchev–Trinajstić information content (AvgIpc) is 2.37. The molecule has 1 aromatic carbocycles. The molecule has 0 saturated heterocycles. The number of benzene rings is 1. The van der Waals surface area contributed by atoms with E-state index in [9.17, 15) is 13.2 Å². The largest absolute Gasteiger partial charge is 0.478 e. The lowest BCUT2D eigenvalue weighted by Gasteiger charge is -2.14. The monoisotopic (exact) mass is 301 g/mol. The number of nitrogen functional groups attached to an aromatic ring is 1. The molecule has 8 heteroatoms. The molecule has 0 unspecified atom stereocenters. The lowest BCUT2D eigenvalue weighted by molar-refractivity contribution is 0.0697. The fraction of sp³-hybridized carbons (Fsp3) is 0.417. The molecule has 0 aliphatic heterocycles. The zero-order chi connectivity index (χ0) is 15.3. The number of nitrogens with zero attached hydrogens (tertiary/aromatic N) is 1.